The molecule has 1 saturated heterocycles. The van der Waals surface area contributed by atoms with Crippen molar-refractivity contribution in [3.63, 3.8) is 0 Å². The Labute approximate surface area is 151 Å². The van der Waals surface area contributed by atoms with E-state index in [2.05, 4.69) is 30.1 Å². The highest BCUT2D eigenvalue weighted by Crippen LogP contribution is 2.26. The highest BCUT2D eigenvalue weighted by atomic mass is 35.5. The maximum atomic E-state index is 12.8. The third kappa shape index (κ3) is 4.31. The summed E-state index contributed by atoms with van der Waals surface area (Å²) >= 11 is 0. The number of nitrogens with one attached hydrogen (secondary N) is 1. The van der Waals surface area contributed by atoms with Gasteiger partial charge in [0.1, 0.15) is 0 Å². The predicted molar refractivity (Wildman–Crippen MR) is 100 cm³/mol. The van der Waals surface area contributed by atoms with Crippen molar-refractivity contribution in [2.45, 2.75) is 32.7 Å². The zero-order valence-corrected chi connectivity index (χ0v) is 15.5. The fourth-order valence-electron chi connectivity index (χ4n) is 3.32. The molecule has 0 saturated carbocycles. The fourth-order valence-corrected chi connectivity index (χ4v) is 3.32. The average molecular weight is 360 g/mol. The van der Waals surface area contributed by atoms with Gasteiger partial charge in [-0.25, -0.2) is 0 Å². The first-order valence-electron chi connectivity index (χ1n) is 8.06. The molecule has 0 atom stereocenters. The van der Waals surface area contributed by atoms with E-state index in [1.807, 2.05) is 17.0 Å². The molecule has 2 aliphatic rings. The van der Waals surface area contributed by atoms with Crippen molar-refractivity contribution in [1.29, 1.82) is 0 Å². The molecule has 0 radical (unpaired) electrons. The monoisotopic (exact) mass is 359 g/mol. The highest BCUT2D eigenvalue weighted by Gasteiger charge is 2.26. The summed E-state index contributed by atoms with van der Waals surface area (Å²) in [6.07, 6.45) is 2.12. The molecule has 0 unspecified atom stereocenters. The topological polar surface area (TPSA) is 35.6 Å². The lowest BCUT2D eigenvalue weighted by Crippen LogP contribution is -2.50. The molecule has 6 heteroatoms. The number of piperazine rings is 1. The number of rotatable bonds is 2. The molecule has 1 aromatic rings. The van der Waals surface area contributed by atoms with Gasteiger partial charge in [0.2, 0.25) is 0 Å². The van der Waals surface area contributed by atoms with Gasteiger partial charge >= 0.3 is 0 Å². The number of halogens is 2. The molecule has 1 aromatic carbocycles. The average Bonchev–Trinajstić information content (AvgIpc) is 2.53. The van der Waals surface area contributed by atoms with E-state index in [-0.39, 0.29) is 30.7 Å². The van der Waals surface area contributed by atoms with Crippen LogP contribution < -0.4 is 5.32 Å². The SMILES string of the molecule is CC(C)N1CCN(C(=O)c2cccc3c2CCCN3)CC1.Cl.Cl. The number of benzene rings is 1. The van der Waals surface area contributed by atoms with E-state index >= 15 is 0 Å². The third-order valence-electron chi connectivity index (χ3n) is 4.66. The fraction of sp³-hybridized carbons (Fsp3) is 0.588. The van der Waals surface area contributed by atoms with Crippen molar-refractivity contribution in [3.05, 3.63) is 29.3 Å². The van der Waals surface area contributed by atoms with Gasteiger partial charge < -0.3 is 10.2 Å². The number of amides is 1. The Morgan fingerprint density at radius 3 is 2.48 bits per heavy atom. The lowest BCUT2D eigenvalue weighted by molar-refractivity contribution is 0.0594. The number of hydrogen-bond acceptors (Lipinski definition) is 3. The lowest BCUT2D eigenvalue weighted by atomic mass is 9.96. The normalized spacial score (nSPS) is 17.6. The first kappa shape index (κ1) is 20.1. The van der Waals surface area contributed by atoms with E-state index in [1.54, 1.807) is 0 Å². The second kappa shape index (κ2) is 8.76. The first-order chi connectivity index (χ1) is 10.2. The van der Waals surface area contributed by atoms with Crippen LogP contribution in [0, 0.1) is 0 Å². The minimum atomic E-state index is 0. The van der Waals surface area contributed by atoms with E-state index in [0.29, 0.717) is 6.04 Å². The predicted octanol–water partition coefficient (Wildman–Crippen LogP) is 3.05. The van der Waals surface area contributed by atoms with Crippen LogP contribution >= 0.6 is 24.8 Å². The molecule has 4 nitrogen and oxygen atoms in total. The molecule has 130 valence electrons. The summed E-state index contributed by atoms with van der Waals surface area (Å²) in [6.45, 7) is 9.10. The lowest BCUT2D eigenvalue weighted by Gasteiger charge is -2.37. The molecular formula is C17H27Cl2N3O. The zero-order valence-electron chi connectivity index (χ0n) is 13.9. The van der Waals surface area contributed by atoms with E-state index in [4.69, 9.17) is 0 Å². The molecule has 1 fully saturated rings. The Kier molecular flexibility index (Phi) is 7.65. The van der Waals surface area contributed by atoms with Crippen molar-refractivity contribution in [2.24, 2.45) is 0 Å². The van der Waals surface area contributed by atoms with Gasteiger partial charge in [0.05, 0.1) is 0 Å². The molecule has 23 heavy (non-hydrogen) atoms. The van der Waals surface area contributed by atoms with Crippen LogP contribution in [-0.2, 0) is 6.42 Å². The van der Waals surface area contributed by atoms with Gasteiger partial charge in [0, 0.05) is 50.0 Å². The minimum Gasteiger partial charge on any atom is -0.385 e. The molecule has 3 rings (SSSR count). The zero-order chi connectivity index (χ0) is 14.8. The van der Waals surface area contributed by atoms with Gasteiger partial charge in [-0.2, -0.15) is 0 Å². The van der Waals surface area contributed by atoms with Gasteiger partial charge in [-0.1, -0.05) is 6.07 Å². The van der Waals surface area contributed by atoms with Crippen LogP contribution in [0.3, 0.4) is 0 Å². The summed E-state index contributed by atoms with van der Waals surface area (Å²) in [5, 5.41) is 3.40. The number of carbonyl (C=O) groups excluding carboxylic acids is 1. The molecule has 0 aliphatic carbocycles. The number of carbonyl (C=O) groups is 1. The summed E-state index contributed by atoms with van der Waals surface area (Å²) in [7, 11) is 0. The summed E-state index contributed by atoms with van der Waals surface area (Å²) in [6, 6.07) is 6.63. The van der Waals surface area contributed by atoms with Crippen LogP contribution in [0.15, 0.2) is 18.2 Å². The summed E-state index contributed by atoms with van der Waals surface area (Å²) in [5.41, 5.74) is 3.26. The standard InChI is InChI=1S/C17H25N3O.2ClH/c1-13(2)19-9-11-20(12-10-19)17(21)15-5-3-7-16-14(15)6-4-8-18-16;;/h3,5,7,13,18H,4,6,8-12H2,1-2H3;2*1H. The van der Waals surface area contributed by atoms with Gasteiger partial charge in [-0.15, -0.1) is 24.8 Å². The maximum absolute atomic E-state index is 12.8. The van der Waals surface area contributed by atoms with E-state index in [0.717, 1.165) is 56.8 Å². The Morgan fingerprint density at radius 1 is 1.13 bits per heavy atom. The Bertz CT molecular complexity index is 529. The molecule has 0 aromatic heterocycles. The summed E-state index contributed by atoms with van der Waals surface area (Å²) in [5.74, 6) is 0.207. The molecule has 2 heterocycles. The Morgan fingerprint density at radius 2 is 1.83 bits per heavy atom. The van der Waals surface area contributed by atoms with Crippen molar-refractivity contribution in [2.75, 3.05) is 38.0 Å². The van der Waals surface area contributed by atoms with Crippen molar-refractivity contribution < 1.29 is 4.79 Å². The Hall–Kier alpha value is -0.970. The van der Waals surface area contributed by atoms with E-state index < -0.39 is 0 Å². The second-order valence-electron chi connectivity index (χ2n) is 6.28. The van der Waals surface area contributed by atoms with Crippen LogP contribution in [0.4, 0.5) is 5.69 Å². The van der Waals surface area contributed by atoms with Crippen LogP contribution in [0.5, 0.6) is 0 Å². The molecule has 0 bridgehead atoms. The molecule has 0 spiro atoms. The van der Waals surface area contributed by atoms with Crippen LogP contribution in [0.2, 0.25) is 0 Å². The van der Waals surface area contributed by atoms with Crippen LogP contribution in [0.1, 0.15) is 36.2 Å². The maximum Gasteiger partial charge on any atom is 0.254 e. The van der Waals surface area contributed by atoms with E-state index in [1.165, 1.54) is 5.56 Å². The number of anilines is 1. The minimum absolute atomic E-state index is 0. The third-order valence-corrected chi connectivity index (χ3v) is 4.66. The quantitative estimate of drug-likeness (QED) is 0.881. The first-order valence-corrected chi connectivity index (χ1v) is 8.06. The van der Waals surface area contributed by atoms with E-state index in [9.17, 15) is 4.79 Å². The summed E-state index contributed by atoms with van der Waals surface area (Å²) in [4.78, 5) is 17.3. The van der Waals surface area contributed by atoms with Crippen molar-refractivity contribution in [1.82, 2.24) is 9.80 Å². The largest absolute Gasteiger partial charge is 0.385 e. The Balaban J connectivity index is 0.00000132. The van der Waals surface area contributed by atoms with Gasteiger partial charge in [-0.05, 0) is 44.4 Å². The number of fused-ring (bicyclic) bond motifs is 1. The smallest absolute Gasteiger partial charge is 0.254 e. The van der Waals surface area contributed by atoms with Gasteiger partial charge in [0.25, 0.3) is 5.91 Å². The number of nitrogens with zero attached hydrogens (tertiary/aromatic N) is 2. The number of hydrogen-bond donors (Lipinski definition) is 1. The van der Waals surface area contributed by atoms with Gasteiger partial charge in [0.15, 0.2) is 0 Å². The molecular weight excluding hydrogens is 333 g/mol. The molecule has 1 amide bonds. The highest BCUT2D eigenvalue weighted by molar-refractivity contribution is 5.97. The summed E-state index contributed by atoms with van der Waals surface area (Å²) < 4.78 is 0. The van der Waals surface area contributed by atoms with Crippen LogP contribution in [-0.4, -0.2) is 54.5 Å². The molecule has 2 aliphatic heterocycles. The second-order valence-corrected chi connectivity index (χ2v) is 6.28. The van der Waals surface area contributed by atoms with Crippen molar-refractivity contribution >= 4 is 36.4 Å². The van der Waals surface area contributed by atoms with Gasteiger partial charge in [-0.3, -0.25) is 9.69 Å². The molecule has 1 N–H and O–H groups in total. The van der Waals surface area contributed by atoms with Crippen molar-refractivity contribution in [3.8, 4) is 0 Å². The van der Waals surface area contributed by atoms with Crippen LogP contribution in [0.25, 0.3) is 0 Å².